The zero-order valence-corrected chi connectivity index (χ0v) is 11.9. The normalized spacial score (nSPS) is 11.3. The highest BCUT2D eigenvalue weighted by Crippen LogP contribution is 2.13. The number of furan rings is 1. The number of rotatable bonds is 5. The van der Waals surface area contributed by atoms with E-state index in [-0.39, 0.29) is 6.09 Å². The number of hydrogen-bond donors (Lipinski definition) is 0. The lowest BCUT2D eigenvalue weighted by Gasteiger charge is -2.27. The predicted octanol–water partition coefficient (Wildman–Crippen LogP) is 3.65. The van der Waals surface area contributed by atoms with Crippen molar-refractivity contribution in [3.8, 4) is 0 Å². The molecule has 18 heavy (non-hydrogen) atoms. The first-order valence-electron chi connectivity index (χ1n) is 5.97. The van der Waals surface area contributed by atoms with Gasteiger partial charge >= 0.3 is 6.09 Å². The first-order chi connectivity index (χ1) is 8.42. The Bertz CT molecular complexity index is 357. The number of ether oxygens (including phenoxy) is 1. The minimum atomic E-state index is -0.493. The van der Waals surface area contributed by atoms with Gasteiger partial charge in [0.05, 0.1) is 19.1 Å². The van der Waals surface area contributed by atoms with Crippen LogP contribution in [0, 0.1) is 0 Å². The topological polar surface area (TPSA) is 42.7 Å². The summed E-state index contributed by atoms with van der Waals surface area (Å²) in [7, 11) is 0. The SMILES string of the molecule is CC(C)(C)OC(=O)N(CCCCl)Cc1ccoc1. The molecule has 0 aliphatic carbocycles. The molecule has 0 radical (unpaired) electrons. The van der Waals surface area contributed by atoms with E-state index in [4.69, 9.17) is 20.8 Å². The highest BCUT2D eigenvalue weighted by Gasteiger charge is 2.22. The largest absolute Gasteiger partial charge is 0.472 e. The molecule has 1 rings (SSSR count). The molecule has 0 atom stereocenters. The molecule has 1 heterocycles. The summed E-state index contributed by atoms with van der Waals surface area (Å²) < 4.78 is 10.4. The fourth-order valence-electron chi connectivity index (χ4n) is 1.41. The first-order valence-corrected chi connectivity index (χ1v) is 6.51. The van der Waals surface area contributed by atoms with Crippen LogP contribution in [0.4, 0.5) is 4.79 Å². The average molecular weight is 274 g/mol. The quantitative estimate of drug-likeness (QED) is 0.769. The number of carbonyl (C=O) groups is 1. The van der Waals surface area contributed by atoms with Gasteiger partial charge in [-0.05, 0) is 33.3 Å². The number of nitrogens with zero attached hydrogens (tertiary/aromatic N) is 1. The summed E-state index contributed by atoms with van der Waals surface area (Å²) in [5.74, 6) is 0.519. The van der Waals surface area contributed by atoms with E-state index in [1.807, 2.05) is 26.8 Å². The van der Waals surface area contributed by atoms with Gasteiger partial charge in [0.15, 0.2) is 0 Å². The lowest BCUT2D eigenvalue weighted by atomic mass is 10.2. The van der Waals surface area contributed by atoms with Crippen LogP contribution in [-0.4, -0.2) is 29.0 Å². The van der Waals surface area contributed by atoms with Crippen LogP contribution in [0.3, 0.4) is 0 Å². The maximum absolute atomic E-state index is 12.0. The second-order valence-electron chi connectivity index (χ2n) is 5.08. The molecule has 0 aromatic carbocycles. The van der Waals surface area contributed by atoms with Crippen molar-refractivity contribution in [3.63, 3.8) is 0 Å². The van der Waals surface area contributed by atoms with Crippen LogP contribution in [0.1, 0.15) is 32.8 Å². The number of halogens is 1. The van der Waals surface area contributed by atoms with Crippen molar-refractivity contribution in [3.05, 3.63) is 24.2 Å². The summed E-state index contributed by atoms with van der Waals surface area (Å²) in [6.07, 6.45) is 3.62. The third-order valence-corrected chi connectivity index (χ3v) is 2.43. The minimum Gasteiger partial charge on any atom is -0.472 e. The van der Waals surface area contributed by atoms with Gasteiger partial charge in [0.25, 0.3) is 0 Å². The van der Waals surface area contributed by atoms with Gasteiger partial charge in [0, 0.05) is 18.0 Å². The van der Waals surface area contributed by atoms with Gasteiger partial charge in [0.1, 0.15) is 5.60 Å². The summed E-state index contributed by atoms with van der Waals surface area (Å²) in [5, 5.41) is 0. The fraction of sp³-hybridized carbons (Fsp3) is 0.615. The molecule has 0 saturated carbocycles. The molecule has 0 saturated heterocycles. The molecule has 4 nitrogen and oxygen atoms in total. The molecule has 0 spiro atoms. The lowest BCUT2D eigenvalue weighted by Crippen LogP contribution is -2.37. The molecule has 0 unspecified atom stereocenters. The Hall–Kier alpha value is -1.16. The summed E-state index contributed by atoms with van der Waals surface area (Å²) in [5.41, 5.74) is 0.447. The molecule has 0 N–H and O–H groups in total. The van der Waals surface area contributed by atoms with Gasteiger partial charge in [0.2, 0.25) is 0 Å². The van der Waals surface area contributed by atoms with Crippen LogP contribution in [0.5, 0.6) is 0 Å². The van der Waals surface area contributed by atoms with Crippen molar-refractivity contribution in [1.82, 2.24) is 4.90 Å². The molecule has 0 aliphatic heterocycles. The van der Waals surface area contributed by atoms with Crippen LogP contribution in [-0.2, 0) is 11.3 Å². The van der Waals surface area contributed by atoms with Crippen LogP contribution in [0.2, 0.25) is 0 Å². The molecule has 102 valence electrons. The summed E-state index contributed by atoms with van der Waals surface area (Å²) in [6.45, 7) is 6.60. The van der Waals surface area contributed by atoms with Crippen molar-refractivity contribution in [2.75, 3.05) is 12.4 Å². The molecular formula is C13H20ClNO3. The van der Waals surface area contributed by atoms with Gasteiger partial charge in [-0.2, -0.15) is 0 Å². The van der Waals surface area contributed by atoms with E-state index in [1.165, 1.54) is 0 Å². The minimum absolute atomic E-state index is 0.325. The van der Waals surface area contributed by atoms with E-state index in [0.29, 0.717) is 19.0 Å². The second-order valence-corrected chi connectivity index (χ2v) is 5.45. The number of carbonyl (C=O) groups excluding carboxylic acids is 1. The standard InChI is InChI=1S/C13H20ClNO3/c1-13(2,3)18-12(16)15(7-4-6-14)9-11-5-8-17-10-11/h5,8,10H,4,6-7,9H2,1-3H3. The van der Waals surface area contributed by atoms with E-state index in [0.717, 1.165) is 12.0 Å². The Morgan fingerprint density at radius 2 is 2.22 bits per heavy atom. The van der Waals surface area contributed by atoms with E-state index >= 15 is 0 Å². The van der Waals surface area contributed by atoms with Crippen molar-refractivity contribution in [1.29, 1.82) is 0 Å². The zero-order chi connectivity index (χ0) is 13.6. The Kier molecular flexibility index (Phi) is 5.54. The molecule has 1 amide bonds. The third kappa shape index (κ3) is 5.45. The molecular weight excluding hydrogens is 254 g/mol. The van der Waals surface area contributed by atoms with Crippen molar-refractivity contribution in [2.24, 2.45) is 0 Å². The van der Waals surface area contributed by atoms with Gasteiger partial charge < -0.3 is 14.1 Å². The van der Waals surface area contributed by atoms with Crippen molar-refractivity contribution < 1.29 is 13.9 Å². The Morgan fingerprint density at radius 1 is 1.50 bits per heavy atom. The number of amides is 1. The molecule has 0 aliphatic rings. The summed E-state index contributed by atoms with van der Waals surface area (Å²) >= 11 is 5.67. The first kappa shape index (κ1) is 14.9. The Balaban J connectivity index is 2.62. The van der Waals surface area contributed by atoms with Gasteiger partial charge in [-0.1, -0.05) is 0 Å². The Morgan fingerprint density at radius 3 is 2.72 bits per heavy atom. The molecule has 5 heteroatoms. The smallest absolute Gasteiger partial charge is 0.410 e. The van der Waals surface area contributed by atoms with Crippen LogP contribution < -0.4 is 0 Å². The van der Waals surface area contributed by atoms with Gasteiger partial charge in [-0.15, -0.1) is 11.6 Å². The second kappa shape index (κ2) is 6.69. The van der Waals surface area contributed by atoms with Crippen LogP contribution >= 0.6 is 11.6 Å². The monoisotopic (exact) mass is 273 g/mol. The van der Waals surface area contributed by atoms with Gasteiger partial charge in [-0.25, -0.2) is 4.79 Å². The molecule has 0 bridgehead atoms. The van der Waals surface area contributed by atoms with Crippen LogP contribution in [0.25, 0.3) is 0 Å². The fourth-order valence-corrected chi connectivity index (χ4v) is 1.53. The number of alkyl halides is 1. The Labute approximate surface area is 113 Å². The van der Waals surface area contributed by atoms with E-state index < -0.39 is 5.60 Å². The van der Waals surface area contributed by atoms with E-state index in [1.54, 1.807) is 17.4 Å². The predicted molar refractivity (Wildman–Crippen MR) is 70.7 cm³/mol. The third-order valence-electron chi connectivity index (χ3n) is 2.17. The summed E-state index contributed by atoms with van der Waals surface area (Å²) in [4.78, 5) is 13.7. The zero-order valence-electron chi connectivity index (χ0n) is 11.1. The molecule has 1 aromatic rings. The molecule has 1 aromatic heterocycles. The van der Waals surface area contributed by atoms with Crippen molar-refractivity contribution >= 4 is 17.7 Å². The molecule has 0 fully saturated rings. The average Bonchev–Trinajstić information content (AvgIpc) is 2.74. The highest BCUT2D eigenvalue weighted by atomic mass is 35.5. The van der Waals surface area contributed by atoms with Crippen LogP contribution in [0.15, 0.2) is 23.0 Å². The lowest BCUT2D eigenvalue weighted by molar-refractivity contribution is 0.0234. The maximum atomic E-state index is 12.0. The highest BCUT2D eigenvalue weighted by molar-refractivity contribution is 6.17. The van der Waals surface area contributed by atoms with Gasteiger partial charge in [-0.3, -0.25) is 0 Å². The van der Waals surface area contributed by atoms with E-state index in [9.17, 15) is 4.79 Å². The number of hydrogen-bond acceptors (Lipinski definition) is 3. The maximum Gasteiger partial charge on any atom is 0.410 e. The van der Waals surface area contributed by atoms with E-state index in [2.05, 4.69) is 0 Å². The van der Waals surface area contributed by atoms with Crippen molar-refractivity contribution in [2.45, 2.75) is 39.3 Å². The summed E-state index contributed by atoms with van der Waals surface area (Å²) in [6, 6.07) is 1.83.